The van der Waals surface area contributed by atoms with Crippen LogP contribution in [0.2, 0.25) is 0 Å². The smallest absolute Gasteiger partial charge is 0.126 e. The molecule has 2 rings (SSSR count). The van der Waals surface area contributed by atoms with Crippen molar-refractivity contribution in [3.05, 3.63) is 24.4 Å². The number of halogens is 1. The molecular formula is C9H14ClN3. The molecule has 0 bridgehead atoms. The number of anilines is 1. The third kappa shape index (κ3) is 2.86. The van der Waals surface area contributed by atoms with Crippen molar-refractivity contribution >= 4 is 18.2 Å². The van der Waals surface area contributed by atoms with E-state index in [1.165, 1.54) is 6.42 Å². The van der Waals surface area contributed by atoms with E-state index >= 15 is 0 Å². The molecule has 1 fully saturated rings. The number of nitrogens with one attached hydrogen (secondary N) is 2. The van der Waals surface area contributed by atoms with Crippen LogP contribution in [0.3, 0.4) is 0 Å². The molecule has 1 atom stereocenters. The summed E-state index contributed by atoms with van der Waals surface area (Å²) < 4.78 is 0. The quantitative estimate of drug-likeness (QED) is 0.754. The Morgan fingerprint density at radius 3 is 3.00 bits per heavy atom. The average Bonchev–Trinajstić information content (AvgIpc) is 2.59. The second-order valence-corrected chi connectivity index (χ2v) is 3.05. The summed E-state index contributed by atoms with van der Waals surface area (Å²) in [6, 6.07) is 6.48. The van der Waals surface area contributed by atoms with Gasteiger partial charge < -0.3 is 10.6 Å². The predicted octanol–water partition coefficient (Wildman–Crippen LogP) is 1.28. The molecule has 4 heteroatoms. The third-order valence-electron chi connectivity index (χ3n) is 2.08. The van der Waals surface area contributed by atoms with Crippen LogP contribution in [0.15, 0.2) is 24.4 Å². The number of hydrogen-bond donors (Lipinski definition) is 2. The molecule has 1 aromatic heterocycles. The molecule has 1 aliphatic rings. The van der Waals surface area contributed by atoms with Crippen molar-refractivity contribution in [2.45, 2.75) is 12.5 Å². The fourth-order valence-corrected chi connectivity index (χ4v) is 1.44. The van der Waals surface area contributed by atoms with Crippen LogP contribution >= 0.6 is 12.4 Å². The first-order valence-electron chi connectivity index (χ1n) is 4.33. The van der Waals surface area contributed by atoms with E-state index in [0.717, 1.165) is 18.9 Å². The van der Waals surface area contributed by atoms with Crippen molar-refractivity contribution in [2.75, 3.05) is 18.4 Å². The van der Waals surface area contributed by atoms with Gasteiger partial charge in [-0.15, -0.1) is 12.4 Å². The average molecular weight is 200 g/mol. The van der Waals surface area contributed by atoms with Crippen molar-refractivity contribution in [3.63, 3.8) is 0 Å². The van der Waals surface area contributed by atoms with Gasteiger partial charge in [0.05, 0.1) is 0 Å². The van der Waals surface area contributed by atoms with Gasteiger partial charge in [-0.1, -0.05) is 6.07 Å². The molecule has 0 amide bonds. The molecule has 0 saturated carbocycles. The van der Waals surface area contributed by atoms with Gasteiger partial charge in [-0.05, 0) is 25.1 Å². The highest BCUT2D eigenvalue weighted by Crippen LogP contribution is 2.06. The highest BCUT2D eigenvalue weighted by molar-refractivity contribution is 5.85. The Kier molecular flexibility index (Phi) is 3.99. The molecule has 0 aliphatic carbocycles. The van der Waals surface area contributed by atoms with Crippen molar-refractivity contribution in [1.29, 1.82) is 0 Å². The molecule has 13 heavy (non-hydrogen) atoms. The maximum Gasteiger partial charge on any atom is 0.126 e. The Balaban J connectivity index is 0.000000845. The van der Waals surface area contributed by atoms with Gasteiger partial charge in [0.1, 0.15) is 5.82 Å². The fourth-order valence-electron chi connectivity index (χ4n) is 1.44. The van der Waals surface area contributed by atoms with Gasteiger partial charge in [-0.25, -0.2) is 4.98 Å². The predicted molar refractivity (Wildman–Crippen MR) is 56.4 cm³/mol. The molecule has 0 radical (unpaired) electrons. The largest absolute Gasteiger partial charge is 0.366 e. The van der Waals surface area contributed by atoms with Crippen molar-refractivity contribution < 1.29 is 0 Å². The molecule has 0 aromatic carbocycles. The molecule has 0 spiro atoms. The van der Waals surface area contributed by atoms with E-state index in [2.05, 4.69) is 15.6 Å². The minimum Gasteiger partial charge on any atom is -0.366 e. The maximum absolute atomic E-state index is 4.20. The van der Waals surface area contributed by atoms with Crippen LogP contribution in [0.5, 0.6) is 0 Å². The highest BCUT2D eigenvalue weighted by Gasteiger charge is 2.13. The lowest BCUT2D eigenvalue weighted by molar-refractivity contribution is 0.788. The summed E-state index contributed by atoms with van der Waals surface area (Å²) in [7, 11) is 0. The summed E-state index contributed by atoms with van der Waals surface area (Å²) in [4.78, 5) is 4.20. The van der Waals surface area contributed by atoms with Crippen LogP contribution < -0.4 is 10.6 Å². The third-order valence-corrected chi connectivity index (χ3v) is 2.08. The first-order valence-corrected chi connectivity index (χ1v) is 4.33. The summed E-state index contributed by atoms with van der Waals surface area (Å²) in [5, 5.41) is 6.67. The lowest BCUT2D eigenvalue weighted by Gasteiger charge is -2.10. The summed E-state index contributed by atoms with van der Waals surface area (Å²) in [6.07, 6.45) is 3.00. The number of aromatic nitrogens is 1. The second kappa shape index (κ2) is 5.04. The first-order chi connectivity index (χ1) is 5.95. The van der Waals surface area contributed by atoms with Gasteiger partial charge >= 0.3 is 0 Å². The van der Waals surface area contributed by atoms with Crippen LogP contribution in [0.25, 0.3) is 0 Å². The monoisotopic (exact) mass is 199 g/mol. The molecule has 1 unspecified atom stereocenters. The zero-order valence-corrected chi connectivity index (χ0v) is 8.18. The Labute approximate surface area is 84.4 Å². The first kappa shape index (κ1) is 10.3. The normalized spacial score (nSPS) is 20.8. The van der Waals surface area contributed by atoms with Gasteiger partial charge in [0, 0.05) is 18.8 Å². The van der Waals surface area contributed by atoms with E-state index in [4.69, 9.17) is 0 Å². The van der Waals surface area contributed by atoms with E-state index < -0.39 is 0 Å². The zero-order chi connectivity index (χ0) is 8.23. The van der Waals surface area contributed by atoms with Crippen LogP contribution in [-0.4, -0.2) is 24.1 Å². The molecule has 1 saturated heterocycles. The Morgan fingerprint density at radius 2 is 2.38 bits per heavy atom. The summed E-state index contributed by atoms with van der Waals surface area (Å²) in [6.45, 7) is 2.17. The molecule has 2 heterocycles. The number of rotatable bonds is 2. The highest BCUT2D eigenvalue weighted by atomic mass is 35.5. The van der Waals surface area contributed by atoms with Crippen molar-refractivity contribution in [3.8, 4) is 0 Å². The van der Waals surface area contributed by atoms with Crippen molar-refractivity contribution in [2.24, 2.45) is 0 Å². The number of nitrogens with zero attached hydrogens (tertiary/aromatic N) is 1. The van der Waals surface area contributed by atoms with E-state index in [0.29, 0.717) is 6.04 Å². The van der Waals surface area contributed by atoms with E-state index in [1.54, 1.807) is 0 Å². The molecule has 1 aliphatic heterocycles. The van der Waals surface area contributed by atoms with Gasteiger partial charge in [0.15, 0.2) is 0 Å². The van der Waals surface area contributed by atoms with Crippen LogP contribution in [-0.2, 0) is 0 Å². The number of hydrogen-bond acceptors (Lipinski definition) is 3. The SMILES string of the molecule is Cl.c1ccc(NC2CCNC2)nc1. The van der Waals surface area contributed by atoms with E-state index in [9.17, 15) is 0 Å². The molecule has 3 nitrogen and oxygen atoms in total. The van der Waals surface area contributed by atoms with Crippen LogP contribution in [0, 0.1) is 0 Å². The molecular weight excluding hydrogens is 186 g/mol. The van der Waals surface area contributed by atoms with E-state index in [-0.39, 0.29) is 12.4 Å². The topological polar surface area (TPSA) is 37.0 Å². The maximum atomic E-state index is 4.20. The lowest BCUT2D eigenvalue weighted by atomic mass is 10.2. The van der Waals surface area contributed by atoms with E-state index in [1.807, 2.05) is 24.4 Å². The standard InChI is InChI=1S/C9H13N3.ClH/c1-2-5-11-9(3-1)12-8-4-6-10-7-8;/h1-3,5,8,10H,4,6-7H2,(H,11,12);1H. The molecule has 1 aromatic rings. The van der Waals surface area contributed by atoms with Crippen molar-refractivity contribution in [1.82, 2.24) is 10.3 Å². The van der Waals surface area contributed by atoms with Gasteiger partial charge in [-0.2, -0.15) is 0 Å². The Morgan fingerprint density at radius 1 is 1.46 bits per heavy atom. The summed E-state index contributed by atoms with van der Waals surface area (Å²) in [5.41, 5.74) is 0. The van der Waals surface area contributed by atoms with Gasteiger partial charge in [0.2, 0.25) is 0 Å². The molecule has 72 valence electrons. The summed E-state index contributed by atoms with van der Waals surface area (Å²) in [5.74, 6) is 0.978. The van der Waals surface area contributed by atoms with Gasteiger partial charge in [-0.3, -0.25) is 0 Å². The lowest BCUT2D eigenvalue weighted by Crippen LogP contribution is -2.22. The van der Waals surface area contributed by atoms with Crippen LogP contribution in [0.4, 0.5) is 5.82 Å². The minimum atomic E-state index is 0. The fraction of sp³-hybridized carbons (Fsp3) is 0.444. The minimum absolute atomic E-state index is 0. The zero-order valence-electron chi connectivity index (χ0n) is 7.36. The molecule has 2 N–H and O–H groups in total. The summed E-state index contributed by atoms with van der Waals surface area (Å²) >= 11 is 0. The Bertz CT molecular complexity index is 234. The van der Waals surface area contributed by atoms with Crippen LogP contribution in [0.1, 0.15) is 6.42 Å². The second-order valence-electron chi connectivity index (χ2n) is 3.05. The van der Waals surface area contributed by atoms with Gasteiger partial charge in [0.25, 0.3) is 0 Å². The Hall–Kier alpha value is -0.800. The number of pyridine rings is 1.